The van der Waals surface area contributed by atoms with Crippen LogP contribution in [0.25, 0.3) is 11.8 Å². The van der Waals surface area contributed by atoms with Gasteiger partial charge in [-0.25, -0.2) is 4.39 Å². The van der Waals surface area contributed by atoms with Crippen LogP contribution in [-0.4, -0.2) is 10.5 Å². The number of aromatic nitrogens is 1. The lowest BCUT2D eigenvalue weighted by Gasteiger charge is -2.18. The maximum Gasteiger partial charge on any atom is 0.262 e. The molecule has 0 radical (unpaired) electrons. The van der Waals surface area contributed by atoms with Gasteiger partial charge in [0.25, 0.3) is 5.91 Å². The molecule has 0 spiro atoms. The van der Waals surface area contributed by atoms with E-state index in [1.165, 1.54) is 17.8 Å². The third-order valence-corrected chi connectivity index (χ3v) is 5.89. The first-order valence-electron chi connectivity index (χ1n) is 8.38. The van der Waals surface area contributed by atoms with Gasteiger partial charge >= 0.3 is 0 Å². The number of anilines is 1. The van der Waals surface area contributed by atoms with Crippen molar-refractivity contribution in [1.82, 2.24) is 4.57 Å². The summed E-state index contributed by atoms with van der Waals surface area (Å²) < 4.78 is 15.5. The van der Waals surface area contributed by atoms with Gasteiger partial charge in [-0.15, -0.1) is 0 Å². The maximum atomic E-state index is 13.5. The summed E-state index contributed by atoms with van der Waals surface area (Å²) in [5.41, 5.74) is 4.48. The molecule has 6 heteroatoms. The average Bonchev–Trinajstić information content (AvgIpc) is 2.92. The minimum absolute atomic E-state index is 0.0822. The Morgan fingerprint density at radius 3 is 2.70 bits per heavy atom. The van der Waals surface area contributed by atoms with Crippen LogP contribution in [0.1, 0.15) is 17.0 Å². The Kier molecular flexibility index (Phi) is 4.58. The van der Waals surface area contributed by atoms with Crippen LogP contribution in [0.2, 0.25) is 5.02 Å². The largest absolute Gasteiger partial charge is 0.320 e. The van der Waals surface area contributed by atoms with Crippen molar-refractivity contribution in [3.63, 3.8) is 0 Å². The molecular weight excluding hydrogens is 383 g/mol. The highest BCUT2D eigenvalue weighted by molar-refractivity contribution is 8.04. The highest BCUT2D eigenvalue weighted by Crippen LogP contribution is 2.39. The number of hydrogen-bond acceptors (Lipinski definition) is 2. The number of nitrogens with one attached hydrogen (secondary N) is 1. The van der Waals surface area contributed by atoms with Crippen molar-refractivity contribution in [2.45, 2.75) is 18.7 Å². The number of rotatable bonds is 2. The molecule has 2 heterocycles. The number of carbonyl (C=O) groups excluding carboxylic acids is 1. The van der Waals surface area contributed by atoms with Crippen molar-refractivity contribution >= 4 is 41.0 Å². The lowest BCUT2D eigenvalue weighted by molar-refractivity contribution is -0.112. The van der Waals surface area contributed by atoms with Crippen LogP contribution in [-0.2, 0) is 4.79 Å². The van der Waals surface area contributed by atoms with Crippen LogP contribution in [0.4, 0.5) is 10.1 Å². The Labute approximate surface area is 165 Å². The van der Waals surface area contributed by atoms with E-state index in [4.69, 9.17) is 11.6 Å². The van der Waals surface area contributed by atoms with Crippen molar-refractivity contribution in [1.29, 1.82) is 0 Å². The van der Waals surface area contributed by atoms with Crippen molar-refractivity contribution in [3.05, 3.63) is 81.2 Å². The SMILES string of the molecule is Cc1cc(/C=C2\Sc3ccccc3NC2=O)c(C)n1-c1ccc(F)c(Cl)c1. The first kappa shape index (κ1) is 17.9. The summed E-state index contributed by atoms with van der Waals surface area (Å²) in [7, 11) is 0. The zero-order valence-electron chi connectivity index (χ0n) is 14.7. The van der Waals surface area contributed by atoms with Gasteiger partial charge in [0.15, 0.2) is 0 Å². The van der Waals surface area contributed by atoms with E-state index in [0.29, 0.717) is 4.91 Å². The molecular formula is C21H16ClFN2OS. The third-order valence-electron chi connectivity index (χ3n) is 4.50. The Morgan fingerprint density at radius 2 is 1.93 bits per heavy atom. The monoisotopic (exact) mass is 398 g/mol. The molecule has 0 unspecified atom stereocenters. The Balaban J connectivity index is 1.75. The molecule has 1 amide bonds. The second kappa shape index (κ2) is 6.91. The van der Waals surface area contributed by atoms with Gasteiger partial charge in [-0.1, -0.05) is 35.5 Å². The molecule has 0 saturated heterocycles. The smallest absolute Gasteiger partial charge is 0.262 e. The topological polar surface area (TPSA) is 34.0 Å². The number of para-hydroxylation sites is 1. The number of aryl methyl sites for hydroxylation is 1. The third kappa shape index (κ3) is 3.29. The van der Waals surface area contributed by atoms with E-state index in [1.54, 1.807) is 12.1 Å². The normalized spacial score (nSPS) is 15.0. The van der Waals surface area contributed by atoms with Crippen LogP contribution in [0, 0.1) is 19.7 Å². The van der Waals surface area contributed by atoms with Gasteiger partial charge in [-0.3, -0.25) is 4.79 Å². The lowest BCUT2D eigenvalue weighted by atomic mass is 10.2. The fourth-order valence-corrected chi connectivity index (χ4v) is 4.32. The summed E-state index contributed by atoms with van der Waals surface area (Å²) >= 11 is 7.39. The summed E-state index contributed by atoms with van der Waals surface area (Å²) in [6.45, 7) is 3.94. The molecule has 136 valence electrons. The number of nitrogens with zero attached hydrogens (tertiary/aromatic N) is 1. The summed E-state index contributed by atoms with van der Waals surface area (Å²) in [5.74, 6) is -0.563. The first-order chi connectivity index (χ1) is 12.9. The number of benzene rings is 2. The van der Waals surface area contributed by atoms with E-state index in [2.05, 4.69) is 5.32 Å². The number of halogens is 2. The molecule has 0 bridgehead atoms. The number of thioether (sulfide) groups is 1. The molecule has 4 rings (SSSR count). The second-order valence-electron chi connectivity index (χ2n) is 6.32. The van der Waals surface area contributed by atoms with Crippen molar-refractivity contribution < 1.29 is 9.18 Å². The summed E-state index contributed by atoms with van der Waals surface area (Å²) in [6.07, 6.45) is 1.89. The number of amides is 1. The summed E-state index contributed by atoms with van der Waals surface area (Å²) in [4.78, 5) is 14.1. The summed E-state index contributed by atoms with van der Waals surface area (Å²) in [5, 5.41) is 3.00. The van der Waals surface area contributed by atoms with E-state index in [-0.39, 0.29) is 10.9 Å². The van der Waals surface area contributed by atoms with Gasteiger partial charge in [-0.05, 0) is 61.9 Å². The standard InChI is InChI=1S/C21H16ClFN2OS/c1-12-9-14(13(2)25(12)15-7-8-17(23)16(22)11-15)10-20-21(26)24-18-5-3-4-6-19(18)27-20/h3-11H,1-2H3,(H,24,26)/b20-10-. The number of hydrogen-bond donors (Lipinski definition) is 1. The van der Waals surface area contributed by atoms with Crippen LogP contribution in [0.3, 0.4) is 0 Å². The molecule has 3 nitrogen and oxygen atoms in total. The predicted molar refractivity (Wildman–Crippen MR) is 109 cm³/mol. The summed E-state index contributed by atoms with van der Waals surface area (Å²) in [6, 6.07) is 14.4. The molecule has 0 saturated carbocycles. The minimum atomic E-state index is -0.445. The number of carbonyl (C=O) groups is 1. The zero-order chi connectivity index (χ0) is 19.1. The van der Waals surface area contributed by atoms with Crippen molar-refractivity contribution in [2.75, 3.05) is 5.32 Å². The van der Waals surface area contributed by atoms with Crippen molar-refractivity contribution in [2.24, 2.45) is 0 Å². The van der Waals surface area contributed by atoms with Gasteiger partial charge in [-0.2, -0.15) is 0 Å². The predicted octanol–water partition coefficient (Wildman–Crippen LogP) is 5.97. The van der Waals surface area contributed by atoms with E-state index >= 15 is 0 Å². The molecule has 1 aromatic heterocycles. The highest BCUT2D eigenvalue weighted by atomic mass is 35.5. The molecule has 0 fully saturated rings. The van der Waals surface area contributed by atoms with Gasteiger partial charge in [0.05, 0.1) is 15.6 Å². The van der Waals surface area contributed by atoms with E-state index < -0.39 is 5.82 Å². The molecule has 2 aromatic carbocycles. The number of fused-ring (bicyclic) bond motifs is 1. The second-order valence-corrected chi connectivity index (χ2v) is 7.81. The highest BCUT2D eigenvalue weighted by Gasteiger charge is 2.21. The maximum absolute atomic E-state index is 13.5. The molecule has 1 aliphatic heterocycles. The fraction of sp³-hybridized carbons (Fsp3) is 0.0952. The van der Waals surface area contributed by atoms with Crippen molar-refractivity contribution in [3.8, 4) is 5.69 Å². The lowest BCUT2D eigenvalue weighted by Crippen LogP contribution is -2.17. The van der Waals surface area contributed by atoms with Gasteiger partial charge in [0.1, 0.15) is 5.82 Å². The molecule has 0 aliphatic carbocycles. The fourth-order valence-electron chi connectivity index (χ4n) is 3.20. The first-order valence-corrected chi connectivity index (χ1v) is 9.58. The van der Waals surface area contributed by atoms with Crippen LogP contribution in [0.15, 0.2) is 58.3 Å². The molecule has 1 N–H and O–H groups in total. The van der Waals surface area contributed by atoms with E-state index in [0.717, 1.165) is 33.2 Å². The van der Waals surface area contributed by atoms with Gasteiger partial charge in [0, 0.05) is 22.0 Å². The van der Waals surface area contributed by atoms with Gasteiger partial charge < -0.3 is 9.88 Å². The van der Waals surface area contributed by atoms with Gasteiger partial charge in [0.2, 0.25) is 0 Å². The van der Waals surface area contributed by atoms with Crippen LogP contribution >= 0.6 is 23.4 Å². The Morgan fingerprint density at radius 1 is 1.15 bits per heavy atom. The quantitative estimate of drug-likeness (QED) is 0.539. The van der Waals surface area contributed by atoms with E-state index in [9.17, 15) is 9.18 Å². The van der Waals surface area contributed by atoms with Crippen LogP contribution in [0.5, 0.6) is 0 Å². The molecule has 1 aliphatic rings. The Bertz CT molecular complexity index is 1100. The molecule has 0 atom stereocenters. The zero-order valence-corrected chi connectivity index (χ0v) is 16.3. The Hall–Kier alpha value is -2.50. The molecule has 3 aromatic rings. The molecule has 27 heavy (non-hydrogen) atoms. The van der Waals surface area contributed by atoms with E-state index in [1.807, 2.05) is 54.8 Å². The minimum Gasteiger partial charge on any atom is -0.320 e. The van der Waals surface area contributed by atoms with Crippen LogP contribution < -0.4 is 5.32 Å². The average molecular weight is 399 g/mol.